The van der Waals surface area contributed by atoms with Crippen molar-refractivity contribution in [2.24, 2.45) is 0 Å². The van der Waals surface area contributed by atoms with Crippen LogP contribution in [0, 0.1) is 6.92 Å². The first kappa shape index (κ1) is 14.4. The van der Waals surface area contributed by atoms with Gasteiger partial charge in [0.1, 0.15) is 5.82 Å². The second-order valence-corrected chi connectivity index (χ2v) is 5.49. The summed E-state index contributed by atoms with van der Waals surface area (Å²) in [4.78, 5) is 27.0. The zero-order valence-corrected chi connectivity index (χ0v) is 12.6. The van der Waals surface area contributed by atoms with Crippen LogP contribution in [-0.4, -0.2) is 40.0 Å². The van der Waals surface area contributed by atoms with Crippen LogP contribution in [-0.2, 0) is 0 Å². The van der Waals surface area contributed by atoms with E-state index in [1.807, 2.05) is 6.92 Å². The van der Waals surface area contributed by atoms with Gasteiger partial charge in [0.25, 0.3) is 5.91 Å². The Balaban J connectivity index is 1.55. The maximum atomic E-state index is 12.1. The van der Waals surface area contributed by atoms with Gasteiger partial charge in [-0.15, -0.1) is 0 Å². The number of aryl methyl sites for hydroxylation is 1. The van der Waals surface area contributed by atoms with Crippen molar-refractivity contribution >= 4 is 11.7 Å². The quantitative estimate of drug-likeness (QED) is 0.931. The lowest BCUT2D eigenvalue weighted by atomic mass is 10.0. The van der Waals surface area contributed by atoms with Crippen LogP contribution in [0.4, 0.5) is 5.82 Å². The minimum atomic E-state index is -0.0313. The summed E-state index contributed by atoms with van der Waals surface area (Å²) in [5.41, 5.74) is 1.58. The summed E-state index contributed by atoms with van der Waals surface area (Å²) >= 11 is 0. The number of nitrogens with zero attached hydrogens (tertiary/aromatic N) is 4. The molecule has 1 fully saturated rings. The second kappa shape index (κ2) is 6.51. The molecule has 1 N–H and O–H groups in total. The fourth-order valence-electron chi connectivity index (χ4n) is 2.63. The Labute approximate surface area is 129 Å². The molecular weight excluding hydrogens is 278 g/mol. The highest BCUT2D eigenvalue weighted by Crippen LogP contribution is 2.17. The molecule has 6 heteroatoms. The molecule has 6 nitrogen and oxygen atoms in total. The lowest BCUT2D eigenvalue weighted by Gasteiger charge is -2.33. The molecule has 0 bridgehead atoms. The molecule has 1 amide bonds. The first-order valence-electron chi connectivity index (χ1n) is 7.47. The molecule has 3 rings (SSSR count). The number of carbonyl (C=O) groups is 1. The van der Waals surface area contributed by atoms with Gasteiger partial charge in [0.15, 0.2) is 0 Å². The molecule has 2 aromatic heterocycles. The molecule has 0 unspecified atom stereocenters. The Bertz CT molecular complexity index is 638. The smallest absolute Gasteiger partial charge is 0.251 e. The Morgan fingerprint density at radius 2 is 1.91 bits per heavy atom. The molecular formula is C16H19N5O. The van der Waals surface area contributed by atoms with E-state index in [9.17, 15) is 4.79 Å². The molecule has 22 heavy (non-hydrogen) atoms. The van der Waals surface area contributed by atoms with Crippen LogP contribution < -0.4 is 10.2 Å². The van der Waals surface area contributed by atoms with Crippen molar-refractivity contribution in [1.82, 2.24) is 20.3 Å². The highest BCUT2D eigenvalue weighted by molar-refractivity contribution is 5.94. The zero-order chi connectivity index (χ0) is 15.4. The number of amides is 1. The largest absolute Gasteiger partial charge is 0.355 e. The molecule has 0 spiro atoms. The molecule has 0 aliphatic carbocycles. The third-order valence-electron chi connectivity index (χ3n) is 3.84. The van der Waals surface area contributed by atoms with Gasteiger partial charge in [-0.2, -0.15) is 0 Å². The van der Waals surface area contributed by atoms with E-state index in [4.69, 9.17) is 0 Å². The molecule has 1 saturated heterocycles. The number of piperidine rings is 1. The number of hydrogen-bond acceptors (Lipinski definition) is 5. The number of nitrogens with one attached hydrogen (secondary N) is 1. The first-order valence-corrected chi connectivity index (χ1v) is 7.47. The first-order chi connectivity index (χ1) is 10.7. The molecule has 0 atom stereocenters. The summed E-state index contributed by atoms with van der Waals surface area (Å²) in [6.45, 7) is 3.69. The van der Waals surface area contributed by atoms with E-state index in [2.05, 4.69) is 25.2 Å². The van der Waals surface area contributed by atoms with Crippen molar-refractivity contribution in [2.75, 3.05) is 18.0 Å². The molecule has 2 aromatic rings. The van der Waals surface area contributed by atoms with Crippen molar-refractivity contribution in [3.05, 3.63) is 48.2 Å². The fraction of sp³-hybridized carbons (Fsp3) is 0.375. The number of rotatable bonds is 3. The van der Waals surface area contributed by atoms with Crippen LogP contribution in [0.2, 0.25) is 0 Å². The molecule has 1 aliphatic rings. The third-order valence-corrected chi connectivity index (χ3v) is 3.84. The SMILES string of the molecule is Cc1cncc(N2CCC(NC(=O)c3ccncc3)CC2)n1. The van der Waals surface area contributed by atoms with Gasteiger partial charge in [0, 0.05) is 43.3 Å². The predicted molar refractivity (Wildman–Crippen MR) is 83.7 cm³/mol. The number of anilines is 1. The van der Waals surface area contributed by atoms with Gasteiger partial charge in [0.05, 0.1) is 11.9 Å². The lowest BCUT2D eigenvalue weighted by Crippen LogP contribution is -2.45. The predicted octanol–water partition coefficient (Wildman–Crippen LogP) is 1.58. The zero-order valence-electron chi connectivity index (χ0n) is 12.6. The normalized spacial score (nSPS) is 15.6. The van der Waals surface area contributed by atoms with Crippen molar-refractivity contribution in [3.63, 3.8) is 0 Å². The molecule has 0 saturated carbocycles. The maximum Gasteiger partial charge on any atom is 0.251 e. The standard InChI is InChI=1S/C16H19N5O/c1-12-10-18-11-15(19-12)21-8-4-14(5-9-21)20-16(22)13-2-6-17-7-3-13/h2-3,6-7,10-11,14H,4-5,8-9H2,1H3,(H,20,22). The van der Waals surface area contributed by atoms with Crippen LogP contribution in [0.5, 0.6) is 0 Å². The lowest BCUT2D eigenvalue weighted by molar-refractivity contribution is 0.0931. The van der Waals surface area contributed by atoms with Gasteiger partial charge in [-0.05, 0) is 31.9 Å². The van der Waals surface area contributed by atoms with Crippen molar-refractivity contribution in [3.8, 4) is 0 Å². The second-order valence-electron chi connectivity index (χ2n) is 5.49. The van der Waals surface area contributed by atoms with Crippen molar-refractivity contribution in [1.29, 1.82) is 0 Å². The number of aromatic nitrogens is 3. The van der Waals surface area contributed by atoms with Crippen LogP contribution >= 0.6 is 0 Å². The minimum Gasteiger partial charge on any atom is -0.355 e. The Morgan fingerprint density at radius 1 is 1.18 bits per heavy atom. The van der Waals surface area contributed by atoms with Gasteiger partial charge in [-0.3, -0.25) is 14.8 Å². The van der Waals surface area contributed by atoms with Crippen LogP contribution in [0.3, 0.4) is 0 Å². The van der Waals surface area contributed by atoms with Gasteiger partial charge in [0.2, 0.25) is 0 Å². The van der Waals surface area contributed by atoms with Crippen molar-refractivity contribution < 1.29 is 4.79 Å². The summed E-state index contributed by atoms with van der Waals surface area (Å²) in [7, 11) is 0. The highest BCUT2D eigenvalue weighted by atomic mass is 16.1. The minimum absolute atomic E-state index is 0.0313. The van der Waals surface area contributed by atoms with E-state index < -0.39 is 0 Å². The third kappa shape index (κ3) is 3.39. The maximum absolute atomic E-state index is 12.1. The summed E-state index contributed by atoms with van der Waals surface area (Å²) in [6.07, 6.45) is 8.63. The molecule has 0 radical (unpaired) electrons. The van der Waals surface area contributed by atoms with Crippen LogP contribution in [0.1, 0.15) is 28.9 Å². The average Bonchev–Trinajstić information content (AvgIpc) is 2.56. The van der Waals surface area contributed by atoms with Gasteiger partial charge in [-0.1, -0.05) is 0 Å². The van der Waals surface area contributed by atoms with Crippen LogP contribution in [0.25, 0.3) is 0 Å². The Kier molecular flexibility index (Phi) is 4.27. The van der Waals surface area contributed by atoms with Crippen LogP contribution in [0.15, 0.2) is 36.9 Å². The number of pyridine rings is 1. The summed E-state index contributed by atoms with van der Waals surface area (Å²) in [5.74, 6) is 0.884. The number of carbonyl (C=O) groups excluding carboxylic acids is 1. The topological polar surface area (TPSA) is 71.0 Å². The number of hydrogen-bond donors (Lipinski definition) is 1. The summed E-state index contributed by atoms with van der Waals surface area (Å²) < 4.78 is 0. The fourth-order valence-corrected chi connectivity index (χ4v) is 2.63. The summed E-state index contributed by atoms with van der Waals surface area (Å²) in [6, 6.07) is 3.66. The molecule has 1 aliphatic heterocycles. The van der Waals surface area contributed by atoms with Gasteiger partial charge in [-0.25, -0.2) is 4.98 Å². The van der Waals surface area contributed by atoms with E-state index in [0.29, 0.717) is 5.56 Å². The van der Waals surface area contributed by atoms with E-state index in [1.54, 1.807) is 36.9 Å². The van der Waals surface area contributed by atoms with Gasteiger partial charge >= 0.3 is 0 Å². The van der Waals surface area contributed by atoms with E-state index in [-0.39, 0.29) is 11.9 Å². The highest BCUT2D eigenvalue weighted by Gasteiger charge is 2.22. The average molecular weight is 297 g/mol. The van der Waals surface area contributed by atoms with Gasteiger partial charge < -0.3 is 10.2 Å². The molecule has 0 aromatic carbocycles. The summed E-state index contributed by atoms with van der Waals surface area (Å²) in [5, 5.41) is 3.09. The molecule has 114 valence electrons. The van der Waals surface area contributed by atoms with E-state index in [1.165, 1.54) is 0 Å². The monoisotopic (exact) mass is 297 g/mol. The molecule has 3 heterocycles. The Hall–Kier alpha value is -2.50. The van der Waals surface area contributed by atoms with Crippen molar-refractivity contribution in [2.45, 2.75) is 25.8 Å². The van der Waals surface area contributed by atoms with E-state index >= 15 is 0 Å². The Morgan fingerprint density at radius 3 is 2.59 bits per heavy atom. The van der Waals surface area contributed by atoms with E-state index in [0.717, 1.165) is 37.4 Å².